The molecule has 1 heterocycles. The SMILES string of the molecule is CN=C(NCCCOCC1CC1)NCCN1CCCN(C)CC1. The molecule has 0 aromatic rings. The standard InChI is InChI=1S/C17H35N5O/c1-18-17(19-7-3-14-23-15-16-5-6-16)20-8-11-22-10-4-9-21(2)12-13-22/h16H,3-15H2,1-2H3,(H2,18,19,20). The van der Waals surface area contributed by atoms with Crippen molar-refractivity contribution in [3.8, 4) is 0 Å². The lowest BCUT2D eigenvalue weighted by Gasteiger charge is -2.21. The summed E-state index contributed by atoms with van der Waals surface area (Å²) >= 11 is 0. The molecule has 2 rings (SSSR count). The van der Waals surface area contributed by atoms with Gasteiger partial charge in [-0.1, -0.05) is 0 Å². The lowest BCUT2D eigenvalue weighted by Crippen LogP contribution is -2.42. The predicted molar refractivity (Wildman–Crippen MR) is 96.1 cm³/mol. The predicted octanol–water partition coefficient (Wildman–Crippen LogP) is 0.606. The molecular weight excluding hydrogens is 290 g/mol. The molecule has 0 bridgehead atoms. The van der Waals surface area contributed by atoms with Gasteiger partial charge in [-0.05, 0) is 51.7 Å². The summed E-state index contributed by atoms with van der Waals surface area (Å²) in [6, 6.07) is 0. The van der Waals surface area contributed by atoms with Gasteiger partial charge in [0, 0.05) is 53.0 Å². The van der Waals surface area contributed by atoms with Crippen LogP contribution >= 0.6 is 0 Å². The highest BCUT2D eigenvalue weighted by atomic mass is 16.5. The number of hydrogen-bond donors (Lipinski definition) is 2. The van der Waals surface area contributed by atoms with E-state index in [1.54, 1.807) is 0 Å². The Kier molecular flexibility index (Phi) is 8.71. The van der Waals surface area contributed by atoms with Crippen LogP contribution in [-0.2, 0) is 4.74 Å². The summed E-state index contributed by atoms with van der Waals surface area (Å²) in [5.41, 5.74) is 0. The van der Waals surface area contributed by atoms with E-state index in [1.165, 1.54) is 45.4 Å². The van der Waals surface area contributed by atoms with E-state index in [0.717, 1.165) is 51.1 Å². The Labute approximate surface area is 141 Å². The van der Waals surface area contributed by atoms with Gasteiger partial charge in [0.2, 0.25) is 0 Å². The van der Waals surface area contributed by atoms with E-state index >= 15 is 0 Å². The Morgan fingerprint density at radius 2 is 1.96 bits per heavy atom. The summed E-state index contributed by atoms with van der Waals surface area (Å²) in [4.78, 5) is 9.24. The van der Waals surface area contributed by atoms with E-state index in [9.17, 15) is 0 Å². The molecule has 0 radical (unpaired) electrons. The Balaban J connectivity index is 1.47. The maximum absolute atomic E-state index is 5.64. The average molecular weight is 326 g/mol. The summed E-state index contributed by atoms with van der Waals surface area (Å²) in [5.74, 6) is 1.76. The molecule has 1 saturated heterocycles. The highest BCUT2D eigenvalue weighted by Crippen LogP contribution is 2.28. The third-order valence-electron chi connectivity index (χ3n) is 4.56. The van der Waals surface area contributed by atoms with Gasteiger partial charge in [0.05, 0.1) is 0 Å². The topological polar surface area (TPSA) is 52.1 Å². The van der Waals surface area contributed by atoms with Gasteiger partial charge < -0.3 is 25.2 Å². The van der Waals surface area contributed by atoms with Crippen LogP contribution in [0.3, 0.4) is 0 Å². The summed E-state index contributed by atoms with van der Waals surface area (Å²) in [5, 5.41) is 6.77. The number of nitrogens with one attached hydrogen (secondary N) is 2. The maximum Gasteiger partial charge on any atom is 0.191 e. The molecule has 1 aliphatic heterocycles. The van der Waals surface area contributed by atoms with Crippen LogP contribution < -0.4 is 10.6 Å². The second-order valence-electron chi connectivity index (χ2n) is 6.80. The second-order valence-corrected chi connectivity index (χ2v) is 6.80. The van der Waals surface area contributed by atoms with Crippen molar-refractivity contribution in [1.82, 2.24) is 20.4 Å². The van der Waals surface area contributed by atoms with Gasteiger partial charge in [-0.3, -0.25) is 4.99 Å². The first-order chi connectivity index (χ1) is 11.3. The fourth-order valence-corrected chi connectivity index (χ4v) is 2.79. The largest absolute Gasteiger partial charge is 0.381 e. The van der Waals surface area contributed by atoms with Crippen LogP contribution in [0.25, 0.3) is 0 Å². The summed E-state index contributed by atoms with van der Waals surface area (Å²) in [6.45, 7) is 9.52. The zero-order chi connectivity index (χ0) is 16.3. The number of guanidine groups is 1. The third kappa shape index (κ3) is 8.53. The van der Waals surface area contributed by atoms with E-state index in [-0.39, 0.29) is 0 Å². The van der Waals surface area contributed by atoms with Crippen LogP contribution in [0.4, 0.5) is 0 Å². The molecule has 23 heavy (non-hydrogen) atoms. The molecule has 2 fully saturated rings. The van der Waals surface area contributed by atoms with Crippen molar-refractivity contribution < 1.29 is 4.74 Å². The zero-order valence-electron chi connectivity index (χ0n) is 15.0. The van der Waals surface area contributed by atoms with Crippen molar-refractivity contribution in [3.05, 3.63) is 0 Å². The molecule has 0 unspecified atom stereocenters. The molecule has 0 atom stereocenters. The quantitative estimate of drug-likeness (QED) is 0.369. The van der Waals surface area contributed by atoms with Crippen LogP contribution in [-0.4, -0.2) is 88.9 Å². The number of rotatable bonds is 9. The lowest BCUT2D eigenvalue weighted by molar-refractivity contribution is 0.123. The van der Waals surface area contributed by atoms with Crippen molar-refractivity contribution in [2.24, 2.45) is 10.9 Å². The van der Waals surface area contributed by atoms with Crippen molar-refractivity contribution in [2.75, 3.05) is 73.1 Å². The van der Waals surface area contributed by atoms with Gasteiger partial charge in [0.15, 0.2) is 5.96 Å². The second kappa shape index (κ2) is 10.8. The van der Waals surface area contributed by atoms with E-state index in [1.807, 2.05) is 7.05 Å². The van der Waals surface area contributed by atoms with Gasteiger partial charge in [-0.25, -0.2) is 0 Å². The van der Waals surface area contributed by atoms with Gasteiger partial charge >= 0.3 is 0 Å². The first-order valence-electron chi connectivity index (χ1n) is 9.21. The number of nitrogens with zero attached hydrogens (tertiary/aromatic N) is 3. The van der Waals surface area contributed by atoms with Crippen LogP contribution in [0.2, 0.25) is 0 Å². The number of likely N-dealkylation sites (N-methyl/N-ethyl adjacent to an activating group) is 1. The van der Waals surface area contributed by atoms with E-state index in [2.05, 4.69) is 32.5 Å². The van der Waals surface area contributed by atoms with Crippen LogP contribution in [0.5, 0.6) is 0 Å². The molecule has 6 heteroatoms. The smallest absolute Gasteiger partial charge is 0.191 e. The van der Waals surface area contributed by atoms with Gasteiger partial charge in [0.25, 0.3) is 0 Å². The van der Waals surface area contributed by atoms with E-state index in [0.29, 0.717) is 0 Å². The lowest BCUT2D eigenvalue weighted by atomic mass is 10.4. The molecule has 2 N–H and O–H groups in total. The molecule has 0 amide bonds. The molecule has 134 valence electrons. The minimum Gasteiger partial charge on any atom is -0.381 e. The summed E-state index contributed by atoms with van der Waals surface area (Å²) in [7, 11) is 4.04. The van der Waals surface area contributed by atoms with Crippen LogP contribution in [0.15, 0.2) is 4.99 Å². The molecule has 2 aliphatic rings. The third-order valence-corrected chi connectivity index (χ3v) is 4.56. The van der Waals surface area contributed by atoms with Crippen LogP contribution in [0.1, 0.15) is 25.7 Å². The molecular formula is C17H35N5O. The summed E-state index contributed by atoms with van der Waals surface area (Å²) in [6.07, 6.45) is 5.03. The van der Waals surface area contributed by atoms with Gasteiger partial charge in [-0.2, -0.15) is 0 Å². The fraction of sp³-hybridized carbons (Fsp3) is 0.941. The minimum absolute atomic E-state index is 0.849. The number of aliphatic imine (C=N–C) groups is 1. The number of hydrogen-bond acceptors (Lipinski definition) is 4. The molecule has 1 saturated carbocycles. The maximum atomic E-state index is 5.64. The molecule has 6 nitrogen and oxygen atoms in total. The minimum atomic E-state index is 0.849. The Morgan fingerprint density at radius 3 is 2.74 bits per heavy atom. The molecule has 1 aliphatic carbocycles. The molecule has 0 aromatic carbocycles. The highest BCUT2D eigenvalue weighted by molar-refractivity contribution is 5.79. The van der Waals surface area contributed by atoms with Gasteiger partial charge in [0.1, 0.15) is 0 Å². The van der Waals surface area contributed by atoms with Crippen molar-refractivity contribution in [1.29, 1.82) is 0 Å². The average Bonchev–Trinajstić information content (AvgIpc) is 3.38. The number of ether oxygens (including phenoxy) is 1. The Morgan fingerprint density at radius 1 is 1.13 bits per heavy atom. The molecule has 0 aromatic heterocycles. The van der Waals surface area contributed by atoms with Gasteiger partial charge in [-0.15, -0.1) is 0 Å². The van der Waals surface area contributed by atoms with Crippen molar-refractivity contribution in [3.63, 3.8) is 0 Å². The molecule has 0 spiro atoms. The highest BCUT2D eigenvalue weighted by Gasteiger charge is 2.20. The normalized spacial score (nSPS) is 21.2. The van der Waals surface area contributed by atoms with E-state index in [4.69, 9.17) is 4.74 Å². The summed E-state index contributed by atoms with van der Waals surface area (Å²) < 4.78 is 5.64. The Bertz CT molecular complexity index is 346. The van der Waals surface area contributed by atoms with Crippen molar-refractivity contribution in [2.45, 2.75) is 25.7 Å². The van der Waals surface area contributed by atoms with E-state index < -0.39 is 0 Å². The monoisotopic (exact) mass is 325 g/mol. The zero-order valence-corrected chi connectivity index (χ0v) is 15.0. The van der Waals surface area contributed by atoms with Crippen LogP contribution in [0, 0.1) is 5.92 Å². The Hall–Kier alpha value is -0.850. The first kappa shape index (κ1) is 18.5. The fourth-order valence-electron chi connectivity index (χ4n) is 2.79. The first-order valence-corrected chi connectivity index (χ1v) is 9.21. The van der Waals surface area contributed by atoms with Crippen molar-refractivity contribution >= 4 is 5.96 Å².